The molecular weight excluding hydrogens is 352 g/mol. The minimum atomic E-state index is -1.36. The van der Waals surface area contributed by atoms with Crippen molar-refractivity contribution in [1.29, 1.82) is 0 Å². The Balaban J connectivity index is 1.67. The first-order chi connectivity index (χ1) is 13.0. The van der Waals surface area contributed by atoms with Gasteiger partial charge in [-0.15, -0.1) is 0 Å². The van der Waals surface area contributed by atoms with E-state index < -0.39 is 31.2 Å². The average Bonchev–Trinajstić information content (AvgIpc) is 2.96. The van der Waals surface area contributed by atoms with Gasteiger partial charge in [0.05, 0.1) is 6.61 Å². The van der Waals surface area contributed by atoms with E-state index in [0.717, 1.165) is 0 Å². The third-order valence-corrected chi connectivity index (χ3v) is 4.21. The zero-order valence-corrected chi connectivity index (χ0v) is 14.3. The summed E-state index contributed by atoms with van der Waals surface area (Å²) in [7, 11) is 0. The maximum absolute atomic E-state index is 12.1. The van der Waals surface area contributed by atoms with Crippen molar-refractivity contribution in [3.8, 4) is 11.5 Å². The number of carbonyl (C=O) groups is 1. The number of ether oxygens (including phenoxy) is 2. The molecule has 0 bridgehead atoms. The molecular formula is C20H20O7. The number of aliphatic hydroxyl groups excluding tert-OH is 3. The van der Waals surface area contributed by atoms with E-state index in [-0.39, 0.29) is 17.3 Å². The standard InChI is InChI=1S/C20H20O7/c21-11-17-18(24)19(25)20(27-17)26-16-9-7-12(10-15(16)23)6-8-14(22)13-4-2-1-3-5-13/h1-10,17-21,23-25H,11H2/t17-,18-,19-,20-/m1/s1. The lowest BCUT2D eigenvalue weighted by molar-refractivity contribution is -0.117. The van der Waals surface area contributed by atoms with Gasteiger partial charge in [-0.3, -0.25) is 4.79 Å². The Hall–Kier alpha value is -2.71. The molecule has 2 aromatic carbocycles. The molecule has 7 nitrogen and oxygen atoms in total. The highest BCUT2D eigenvalue weighted by molar-refractivity contribution is 6.06. The monoisotopic (exact) mass is 372 g/mol. The third-order valence-electron chi connectivity index (χ3n) is 4.21. The van der Waals surface area contributed by atoms with Gasteiger partial charge in [0, 0.05) is 5.56 Å². The number of aromatic hydroxyl groups is 1. The smallest absolute Gasteiger partial charge is 0.229 e. The number of hydrogen-bond acceptors (Lipinski definition) is 7. The molecule has 2 aromatic rings. The van der Waals surface area contributed by atoms with Crippen molar-refractivity contribution in [2.24, 2.45) is 0 Å². The number of carbonyl (C=O) groups excluding carboxylic acids is 1. The van der Waals surface area contributed by atoms with Crippen LogP contribution in [0.1, 0.15) is 15.9 Å². The topological polar surface area (TPSA) is 116 Å². The first kappa shape index (κ1) is 19.1. The van der Waals surface area contributed by atoms with E-state index in [2.05, 4.69) is 0 Å². The number of aliphatic hydroxyl groups is 3. The fourth-order valence-electron chi connectivity index (χ4n) is 2.70. The molecule has 1 fully saturated rings. The number of allylic oxidation sites excluding steroid dienone is 1. The van der Waals surface area contributed by atoms with Crippen molar-refractivity contribution in [1.82, 2.24) is 0 Å². The summed E-state index contributed by atoms with van der Waals surface area (Å²) in [6.07, 6.45) is -1.86. The Kier molecular flexibility index (Phi) is 5.88. The van der Waals surface area contributed by atoms with Crippen molar-refractivity contribution in [2.75, 3.05) is 6.61 Å². The Morgan fingerprint density at radius 1 is 1.11 bits per heavy atom. The third kappa shape index (κ3) is 4.35. The predicted octanol–water partition coefficient (Wildman–Crippen LogP) is 1.11. The van der Waals surface area contributed by atoms with Crippen LogP contribution in [0.4, 0.5) is 0 Å². The Bertz CT molecular complexity index is 818. The lowest BCUT2D eigenvalue weighted by atomic mass is 10.1. The van der Waals surface area contributed by atoms with Gasteiger partial charge in [0.25, 0.3) is 0 Å². The zero-order valence-electron chi connectivity index (χ0n) is 14.3. The summed E-state index contributed by atoms with van der Waals surface area (Å²) < 4.78 is 10.6. The van der Waals surface area contributed by atoms with Gasteiger partial charge in [0.2, 0.25) is 6.29 Å². The minimum Gasteiger partial charge on any atom is -0.504 e. The van der Waals surface area contributed by atoms with E-state index in [1.807, 2.05) is 6.07 Å². The molecule has 0 amide bonds. The second kappa shape index (κ2) is 8.32. The van der Waals surface area contributed by atoms with Crippen molar-refractivity contribution in [2.45, 2.75) is 24.6 Å². The van der Waals surface area contributed by atoms with Crippen LogP contribution in [0.25, 0.3) is 6.08 Å². The van der Waals surface area contributed by atoms with Crippen molar-refractivity contribution < 1.29 is 34.7 Å². The number of hydrogen-bond donors (Lipinski definition) is 4. The molecule has 0 aromatic heterocycles. The maximum atomic E-state index is 12.1. The van der Waals surface area contributed by atoms with Crippen LogP contribution in [-0.2, 0) is 4.74 Å². The van der Waals surface area contributed by atoms with Crippen molar-refractivity contribution >= 4 is 11.9 Å². The predicted molar refractivity (Wildman–Crippen MR) is 96.3 cm³/mol. The Morgan fingerprint density at radius 2 is 1.85 bits per heavy atom. The molecule has 0 saturated carbocycles. The molecule has 142 valence electrons. The van der Waals surface area contributed by atoms with E-state index in [4.69, 9.17) is 14.6 Å². The van der Waals surface area contributed by atoms with Gasteiger partial charge >= 0.3 is 0 Å². The van der Waals surface area contributed by atoms with Crippen LogP contribution in [-0.4, -0.2) is 57.4 Å². The molecule has 0 radical (unpaired) electrons. The summed E-state index contributed by atoms with van der Waals surface area (Å²) in [6, 6.07) is 13.3. The van der Waals surface area contributed by atoms with Crippen LogP contribution in [0.3, 0.4) is 0 Å². The second-order valence-corrected chi connectivity index (χ2v) is 6.12. The highest BCUT2D eigenvalue weighted by Crippen LogP contribution is 2.31. The normalized spacial score (nSPS) is 25.0. The summed E-state index contributed by atoms with van der Waals surface area (Å²) in [5.41, 5.74) is 1.13. The summed E-state index contributed by atoms with van der Waals surface area (Å²) in [5.74, 6) is -0.347. The van der Waals surface area contributed by atoms with Crippen LogP contribution >= 0.6 is 0 Å². The fraction of sp³-hybridized carbons (Fsp3) is 0.250. The number of ketones is 1. The van der Waals surface area contributed by atoms with Crippen LogP contribution in [0, 0.1) is 0 Å². The molecule has 0 aliphatic carbocycles. The maximum Gasteiger partial charge on any atom is 0.229 e. The zero-order chi connectivity index (χ0) is 19.4. The molecule has 1 heterocycles. The molecule has 4 atom stereocenters. The molecule has 3 rings (SSSR count). The van der Waals surface area contributed by atoms with E-state index in [1.165, 1.54) is 18.2 Å². The van der Waals surface area contributed by atoms with E-state index in [9.17, 15) is 20.1 Å². The van der Waals surface area contributed by atoms with Crippen molar-refractivity contribution in [3.05, 3.63) is 65.7 Å². The summed E-state index contributed by atoms with van der Waals surface area (Å²) in [5, 5.41) is 38.8. The van der Waals surface area contributed by atoms with Crippen LogP contribution in [0.15, 0.2) is 54.6 Å². The first-order valence-corrected chi connectivity index (χ1v) is 8.39. The molecule has 4 N–H and O–H groups in total. The number of benzene rings is 2. The van der Waals surface area contributed by atoms with E-state index >= 15 is 0 Å². The molecule has 7 heteroatoms. The highest BCUT2D eigenvalue weighted by Gasteiger charge is 2.44. The van der Waals surface area contributed by atoms with Gasteiger partial charge in [-0.2, -0.15) is 0 Å². The van der Waals surface area contributed by atoms with E-state index in [0.29, 0.717) is 11.1 Å². The molecule has 27 heavy (non-hydrogen) atoms. The first-order valence-electron chi connectivity index (χ1n) is 8.39. The van der Waals surface area contributed by atoms with Gasteiger partial charge in [0.1, 0.15) is 18.3 Å². The highest BCUT2D eigenvalue weighted by atomic mass is 16.7. The molecule has 1 aliphatic rings. The molecule has 1 saturated heterocycles. The molecule has 1 aliphatic heterocycles. The lowest BCUT2D eigenvalue weighted by Gasteiger charge is -2.17. The second-order valence-electron chi connectivity index (χ2n) is 6.12. The average molecular weight is 372 g/mol. The number of phenolic OH excluding ortho intramolecular Hbond substituents is 1. The Morgan fingerprint density at radius 3 is 2.48 bits per heavy atom. The van der Waals surface area contributed by atoms with Gasteiger partial charge < -0.3 is 29.9 Å². The SMILES string of the molecule is O=C(C=Cc1ccc(O[C@@H]2O[C@H](CO)[C@@H](O)[C@H]2O)c(O)c1)c1ccccc1. The minimum absolute atomic E-state index is 0.0383. The number of rotatable bonds is 6. The summed E-state index contributed by atoms with van der Waals surface area (Å²) >= 11 is 0. The Labute approximate surface area is 155 Å². The lowest BCUT2D eigenvalue weighted by Crippen LogP contribution is -2.35. The van der Waals surface area contributed by atoms with Gasteiger partial charge in [-0.05, 0) is 23.8 Å². The fourth-order valence-corrected chi connectivity index (χ4v) is 2.70. The largest absolute Gasteiger partial charge is 0.504 e. The molecule has 0 unspecified atom stereocenters. The molecule has 0 spiro atoms. The van der Waals surface area contributed by atoms with Crippen LogP contribution < -0.4 is 4.74 Å². The van der Waals surface area contributed by atoms with Gasteiger partial charge in [-0.1, -0.05) is 42.5 Å². The summed E-state index contributed by atoms with van der Waals surface area (Å²) in [6.45, 7) is -0.469. The van der Waals surface area contributed by atoms with Crippen LogP contribution in [0.5, 0.6) is 11.5 Å². The van der Waals surface area contributed by atoms with Gasteiger partial charge in [0.15, 0.2) is 17.3 Å². The van der Waals surface area contributed by atoms with Crippen LogP contribution in [0.2, 0.25) is 0 Å². The quantitative estimate of drug-likeness (QED) is 0.443. The summed E-state index contributed by atoms with van der Waals surface area (Å²) in [4.78, 5) is 12.1. The number of phenols is 1. The van der Waals surface area contributed by atoms with E-state index in [1.54, 1.807) is 36.4 Å². The van der Waals surface area contributed by atoms with Crippen molar-refractivity contribution in [3.63, 3.8) is 0 Å². The van der Waals surface area contributed by atoms with Gasteiger partial charge in [-0.25, -0.2) is 0 Å².